The fourth-order valence-electron chi connectivity index (χ4n) is 4.05. The van der Waals surface area contributed by atoms with Crippen LogP contribution in [0.1, 0.15) is 55.8 Å². The van der Waals surface area contributed by atoms with Gasteiger partial charge in [-0.05, 0) is 50.7 Å². The van der Waals surface area contributed by atoms with Gasteiger partial charge < -0.3 is 10.2 Å². The second-order valence-corrected chi connectivity index (χ2v) is 6.33. The van der Waals surface area contributed by atoms with Crippen LogP contribution in [0.15, 0.2) is 24.3 Å². The van der Waals surface area contributed by atoms with Crippen LogP contribution in [0.5, 0.6) is 0 Å². The number of benzene rings is 1. The first-order valence-corrected chi connectivity index (χ1v) is 8.45. The molecule has 0 aromatic heterocycles. The number of carbonyl (C=O) groups excluding carboxylic acids is 1. The predicted octanol–water partition coefficient (Wildman–Crippen LogP) is 3.91. The molecule has 1 saturated carbocycles. The summed E-state index contributed by atoms with van der Waals surface area (Å²) in [5, 5.41) is 3.32. The number of nitrogens with zero attached hydrogens (tertiary/aromatic N) is 1. The summed E-state index contributed by atoms with van der Waals surface area (Å²) in [5.74, 6) is 0.962. The molecule has 0 radical (unpaired) electrons. The largest absolute Gasteiger partial charge is 0.385 e. The Morgan fingerprint density at radius 2 is 1.95 bits per heavy atom. The Bertz CT molecular complexity index is 494. The fourth-order valence-corrected chi connectivity index (χ4v) is 4.05. The van der Waals surface area contributed by atoms with Gasteiger partial charge in [-0.1, -0.05) is 25.0 Å². The van der Waals surface area contributed by atoms with Gasteiger partial charge in [-0.25, -0.2) is 0 Å². The fraction of sp³-hybridized carbons (Fsp3) is 0.611. The van der Waals surface area contributed by atoms with Crippen LogP contribution in [0.4, 0.5) is 5.69 Å². The zero-order valence-corrected chi connectivity index (χ0v) is 13.0. The lowest BCUT2D eigenvalue weighted by Crippen LogP contribution is -2.39. The third kappa shape index (κ3) is 2.92. The van der Waals surface area contributed by atoms with E-state index in [9.17, 15) is 4.79 Å². The van der Waals surface area contributed by atoms with Gasteiger partial charge in [-0.2, -0.15) is 0 Å². The van der Waals surface area contributed by atoms with Crippen molar-refractivity contribution in [2.75, 3.05) is 18.4 Å². The molecule has 3 nitrogen and oxygen atoms in total. The lowest BCUT2D eigenvalue weighted by molar-refractivity contribution is 0.0690. The highest BCUT2D eigenvalue weighted by Gasteiger charge is 2.36. The molecule has 3 heteroatoms. The Balaban J connectivity index is 1.80. The van der Waals surface area contributed by atoms with E-state index in [1.165, 1.54) is 32.1 Å². The highest BCUT2D eigenvalue weighted by molar-refractivity contribution is 6.00. The topological polar surface area (TPSA) is 32.3 Å². The molecule has 0 bridgehead atoms. The molecule has 1 atom stereocenters. The standard InChI is InChI=1S/C18H26N2O/c1-2-19-16-11-6-5-10-15(16)18(21)20-13-7-12-17(20)14-8-3-4-9-14/h5-6,10-11,14,17,19H,2-4,7-9,12-13H2,1H3. The van der Waals surface area contributed by atoms with E-state index in [-0.39, 0.29) is 5.91 Å². The summed E-state index contributed by atoms with van der Waals surface area (Å²) < 4.78 is 0. The van der Waals surface area contributed by atoms with E-state index in [2.05, 4.69) is 17.1 Å². The molecule has 1 aliphatic heterocycles. The first-order chi connectivity index (χ1) is 10.3. The molecule has 1 N–H and O–H groups in total. The number of hydrogen-bond donors (Lipinski definition) is 1. The molecule has 3 rings (SSSR count). The SMILES string of the molecule is CCNc1ccccc1C(=O)N1CCCC1C1CCCC1. The highest BCUT2D eigenvalue weighted by atomic mass is 16.2. The van der Waals surface area contributed by atoms with E-state index in [0.717, 1.165) is 36.7 Å². The number of amides is 1. The first-order valence-electron chi connectivity index (χ1n) is 8.45. The minimum absolute atomic E-state index is 0.223. The van der Waals surface area contributed by atoms with Gasteiger partial charge in [0.2, 0.25) is 0 Å². The van der Waals surface area contributed by atoms with Crippen LogP contribution >= 0.6 is 0 Å². The molecule has 1 unspecified atom stereocenters. The van der Waals surface area contributed by atoms with E-state index in [0.29, 0.717) is 6.04 Å². The quantitative estimate of drug-likeness (QED) is 0.910. The van der Waals surface area contributed by atoms with E-state index >= 15 is 0 Å². The zero-order chi connectivity index (χ0) is 14.7. The third-order valence-corrected chi connectivity index (χ3v) is 5.03. The van der Waals surface area contributed by atoms with E-state index < -0.39 is 0 Å². The Hall–Kier alpha value is -1.51. The third-order valence-electron chi connectivity index (χ3n) is 5.03. The summed E-state index contributed by atoms with van der Waals surface area (Å²) in [5.41, 5.74) is 1.81. The lowest BCUT2D eigenvalue weighted by Gasteiger charge is -2.30. The summed E-state index contributed by atoms with van der Waals surface area (Å²) in [6.45, 7) is 3.84. The summed E-state index contributed by atoms with van der Waals surface area (Å²) in [7, 11) is 0. The molecule has 1 saturated heterocycles. The minimum atomic E-state index is 0.223. The smallest absolute Gasteiger partial charge is 0.256 e. The highest BCUT2D eigenvalue weighted by Crippen LogP contribution is 2.36. The maximum Gasteiger partial charge on any atom is 0.256 e. The number of para-hydroxylation sites is 1. The van der Waals surface area contributed by atoms with Crippen LogP contribution in [-0.2, 0) is 0 Å². The van der Waals surface area contributed by atoms with Crippen molar-refractivity contribution in [1.29, 1.82) is 0 Å². The van der Waals surface area contributed by atoms with Crippen molar-refractivity contribution in [3.05, 3.63) is 29.8 Å². The van der Waals surface area contributed by atoms with Gasteiger partial charge in [0.15, 0.2) is 0 Å². The number of anilines is 1. The van der Waals surface area contributed by atoms with Crippen molar-refractivity contribution in [2.24, 2.45) is 5.92 Å². The van der Waals surface area contributed by atoms with E-state index in [1.807, 2.05) is 24.3 Å². The van der Waals surface area contributed by atoms with Gasteiger partial charge in [0.1, 0.15) is 0 Å². The molecule has 1 aromatic carbocycles. The van der Waals surface area contributed by atoms with Crippen molar-refractivity contribution < 1.29 is 4.79 Å². The van der Waals surface area contributed by atoms with Crippen LogP contribution in [0.2, 0.25) is 0 Å². The molecule has 1 heterocycles. The van der Waals surface area contributed by atoms with Gasteiger partial charge in [0, 0.05) is 24.8 Å². The molecule has 2 aliphatic rings. The summed E-state index contributed by atoms with van der Waals surface area (Å²) in [4.78, 5) is 15.2. The van der Waals surface area contributed by atoms with Crippen LogP contribution in [-0.4, -0.2) is 29.9 Å². The van der Waals surface area contributed by atoms with Crippen LogP contribution < -0.4 is 5.32 Å². The maximum atomic E-state index is 13.0. The number of nitrogens with one attached hydrogen (secondary N) is 1. The number of likely N-dealkylation sites (tertiary alicyclic amines) is 1. The van der Waals surface area contributed by atoms with Crippen molar-refractivity contribution in [1.82, 2.24) is 4.90 Å². The normalized spacial score (nSPS) is 22.7. The molecular weight excluding hydrogens is 260 g/mol. The van der Waals surface area contributed by atoms with Gasteiger partial charge in [-0.15, -0.1) is 0 Å². The molecule has 1 aromatic rings. The van der Waals surface area contributed by atoms with Crippen molar-refractivity contribution in [2.45, 2.75) is 51.5 Å². The second-order valence-electron chi connectivity index (χ2n) is 6.33. The first kappa shape index (κ1) is 14.4. The Labute approximate surface area is 127 Å². The van der Waals surface area contributed by atoms with Crippen molar-refractivity contribution >= 4 is 11.6 Å². The second kappa shape index (κ2) is 6.50. The van der Waals surface area contributed by atoms with Crippen LogP contribution in [0.25, 0.3) is 0 Å². The van der Waals surface area contributed by atoms with E-state index in [1.54, 1.807) is 0 Å². The number of rotatable bonds is 4. The average Bonchev–Trinajstić information content (AvgIpc) is 3.18. The van der Waals surface area contributed by atoms with Crippen molar-refractivity contribution in [3.63, 3.8) is 0 Å². The molecule has 0 spiro atoms. The summed E-state index contributed by atoms with van der Waals surface area (Å²) in [6.07, 6.45) is 7.66. The minimum Gasteiger partial charge on any atom is -0.385 e. The Morgan fingerprint density at radius 1 is 1.19 bits per heavy atom. The number of carbonyl (C=O) groups is 1. The molecule has 2 fully saturated rings. The Kier molecular flexibility index (Phi) is 4.47. The molecule has 114 valence electrons. The molecular formula is C18H26N2O. The Morgan fingerprint density at radius 3 is 2.71 bits per heavy atom. The van der Waals surface area contributed by atoms with Gasteiger partial charge in [0.05, 0.1) is 5.56 Å². The van der Waals surface area contributed by atoms with E-state index in [4.69, 9.17) is 0 Å². The van der Waals surface area contributed by atoms with Gasteiger partial charge in [-0.3, -0.25) is 4.79 Å². The summed E-state index contributed by atoms with van der Waals surface area (Å²) >= 11 is 0. The van der Waals surface area contributed by atoms with Gasteiger partial charge in [0.25, 0.3) is 5.91 Å². The lowest BCUT2D eigenvalue weighted by atomic mass is 9.95. The molecule has 1 amide bonds. The maximum absolute atomic E-state index is 13.0. The van der Waals surface area contributed by atoms with Gasteiger partial charge >= 0.3 is 0 Å². The number of hydrogen-bond acceptors (Lipinski definition) is 2. The monoisotopic (exact) mass is 286 g/mol. The molecule has 21 heavy (non-hydrogen) atoms. The van der Waals surface area contributed by atoms with Crippen LogP contribution in [0, 0.1) is 5.92 Å². The van der Waals surface area contributed by atoms with Crippen molar-refractivity contribution in [3.8, 4) is 0 Å². The predicted molar refractivity (Wildman–Crippen MR) is 86.6 cm³/mol. The van der Waals surface area contributed by atoms with Crippen LogP contribution in [0.3, 0.4) is 0 Å². The summed E-state index contributed by atoms with van der Waals surface area (Å²) in [6, 6.07) is 8.42. The average molecular weight is 286 g/mol. The molecule has 1 aliphatic carbocycles. The zero-order valence-electron chi connectivity index (χ0n) is 13.0.